The van der Waals surface area contributed by atoms with Crippen molar-refractivity contribution in [1.29, 1.82) is 0 Å². The molecule has 0 aromatic carbocycles. The minimum Gasteiger partial charge on any atom is -0.467 e. The Labute approximate surface area is 145 Å². The highest BCUT2D eigenvalue weighted by atomic mass is 32.1. The number of nitrogens with one attached hydrogen (secondary N) is 3. The second kappa shape index (κ2) is 8.51. The van der Waals surface area contributed by atoms with E-state index in [1.807, 2.05) is 0 Å². The molecule has 0 radical (unpaired) electrons. The second-order valence-electron chi connectivity index (χ2n) is 4.76. The van der Waals surface area contributed by atoms with Crippen LogP contribution in [0, 0.1) is 0 Å². The van der Waals surface area contributed by atoms with E-state index in [9.17, 15) is 18.0 Å². The van der Waals surface area contributed by atoms with Gasteiger partial charge in [0, 0.05) is 12.4 Å². The molecule has 0 saturated heterocycles. The quantitative estimate of drug-likeness (QED) is 0.528. The van der Waals surface area contributed by atoms with Crippen LogP contribution in [-0.4, -0.2) is 30.4 Å². The maximum Gasteiger partial charge on any atom is 0.434 e. The van der Waals surface area contributed by atoms with Gasteiger partial charge in [0.15, 0.2) is 11.7 Å². The SMILES string of the molecule is CN=C(NCC(=O)NCc1ccco1)NCc1nc(C(F)(F)F)cs1. The Hall–Kier alpha value is -2.56. The number of hydrogen-bond acceptors (Lipinski definition) is 5. The average molecular weight is 375 g/mol. The molecule has 0 aliphatic rings. The first-order chi connectivity index (χ1) is 11.9. The lowest BCUT2D eigenvalue weighted by Gasteiger charge is -2.10. The van der Waals surface area contributed by atoms with Gasteiger partial charge in [0.05, 0.1) is 25.9 Å². The van der Waals surface area contributed by atoms with Gasteiger partial charge in [0.2, 0.25) is 5.91 Å². The van der Waals surface area contributed by atoms with Crippen LogP contribution in [0.1, 0.15) is 16.5 Å². The molecule has 1 amide bonds. The first kappa shape index (κ1) is 18.8. The molecule has 2 rings (SSSR count). The van der Waals surface area contributed by atoms with Crippen LogP contribution in [-0.2, 0) is 24.1 Å². The van der Waals surface area contributed by atoms with Gasteiger partial charge in [-0.3, -0.25) is 9.79 Å². The van der Waals surface area contributed by atoms with Crippen LogP contribution in [0.3, 0.4) is 0 Å². The van der Waals surface area contributed by atoms with E-state index in [1.165, 1.54) is 13.3 Å². The Morgan fingerprint density at radius 2 is 2.12 bits per heavy atom. The maximum absolute atomic E-state index is 12.5. The molecule has 0 aliphatic heterocycles. The fourth-order valence-corrected chi connectivity index (χ4v) is 2.47. The van der Waals surface area contributed by atoms with Crippen LogP contribution < -0.4 is 16.0 Å². The molecule has 0 spiro atoms. The lowest BCUT2D eigenvalue weighted by atomic mass is 10.4. The van der Waals surface area contributed by atoms with Gasteiger partial charge < -0.3 is 20.4 Å². The average Bonchev–Trinajstić information content (AvgIpc) is 3.24. The van der Waals surface area contributed by atoms with Gasteiger partial charge in [0.25, 0.3) is 0 Å². The lowest BCUT2D eigenvalue weighted by molar-refractivity contribution is -0.140. The molecule has 11 heteroatoms. The van der Waals surface area contributed by atoms with E-state index in [0.717, 1.165) is 16.7 Å². The lowest BCUT2D eigenvalue weighted by Crippen LogP contribution is -2.42. The summed E-state index contributed by atoms with van der Waals surface area (Å²) < 4.78 is 42.5. The fraction of sp³-hybridized carbons (Fsp3) is 0.357. The highest BCUT2D eigenvalue weighted by molar-refractivity contribution is 7.09. The highest BCUT2D eigenvalue weighted by Gasteiger charge is 2.33. The number of aliphatic imine (C=N–C) groups is 1. The van der Waals surface area contributed by atoms with Crippen molar-refractivity contribution in [3.05, 3.63) is 40.2 Å². The van der Waals surface area contributed by atoms with Gasteiger partial charge in [-0.15, -0.1) is 11.3 Å². The van der Waals surface area contributed by atoms with E-state index in [2.05, 4.69) is 25.9 Å². The Kier molecular flexibility index (Phi) is 6.39. The Bertz CT molecular complexity index is 712. The number of furan rings is 1. The van der Waals surface area contributed by atoms with E-state index in [0.29, 0.717) is 5.76 Å². The van der Waals surface area contributed by atoms with Crippen molar-refractivity contribution in [3.8, 4) is 0 Å². The van der Waals surface area contributed by atoms with Crippen LogP contribution >= 0.6 is 11.3 Å². The number of carbonyl (C=O) groups is 1. The summed E-state index contributed by atoms with van der Waals surface area (Å²) in [4.78, 5) is 19.1. The largest absolute Gasteiger partial charge is 0.467 e. The third-order valence-electron chi connectivity index (χ3n) is 2.93. The Morgan fingerprint density at radius 3 is 2.72 bits per heavy atom. The van der Waals surface area contributed by atoms with Gasteiger partial charge >= 0.3 is 6.18 Å². The van der Waals surface area contributed by atoms with Gasteiger partial charge in [-0.1, -0.05) is 0 Å². The molecule has 0 saturated carbocycles. The zero-order valence-electron chi connectivity index (χ0n) is 13.2. The normalized spacial score (nSPS) is 12.1. The molecule has 2 heterocycles. The number of rotatable bonds is 6. The second-order valence-corrected chi connectivity index (χ2v) is 5.70. The smallest absolute Gasteiger partial charge is 0.434 e. The zero-order valence-corrected chi connectivity index (χ0v) is 14.0. The molecule has 2 aromatic heterocycles. The molecule has 0 bridgehead atoms. The van der Waals surface area contributed by atoms with Crippen molar-refractivity contribution in [1.82, 2.24) is 20.9 Å². The Morgan fingerprint density at radius 1 is 1.32 bits per heavy atom. The van der Waals surface area contributed by atoms with Crippen LogP contribution in [0.15, 0.2) is 33.2 Å². The first-order valence-corrected chi connectivity index (χ1v) is 8.01. The number of nitrogens with zero attached hydrogens (tertiary/aromatic N) is 2. The molecule has 0 fully saturated rings. The summed E-state index contributed by atoms with van der Waals surface area (Å²) in [5.41, 5.74) is -0.922. The van der Waals surface area contributed by atoms with Gasteiger partial charge in [-0.25, -0.2) is 4.98 Å². The molecule has 25 heavy (non-hydrogen) atoms. The molecule has 0 aliphatic carbocycles. The van der Waals surface area contributed by atoms with Crippen molar-refractivity contribution in [2.75, 3.05) is 13.6 Å². The maximum atomic E-state index is 12.5. The number of thiazole rings is 1. The van der Waals surface area contributed by atoms with Crippen LogP contribution in [0.2, 0.25) is 0 Å². The van der Waals surface area contributed by atoms with E-state index in [4.69, 9.17) is 4.42 Å². The molecule has 3 N–H and O–H groups in total. The van der Waals surface area contributed by atoms with Crippen LogP contribution in [0.5, 0.6) is 0 Å². The standard InChI is InChI=1S/C14H16F3N5O2S/c1-18-13(20-6-11(23)19-5-9-3-2-4-24-9)21-7-12-22-10(8-25-12)14(15,16)17/h2-4,8H,5-7H2,1H3,(H,19,23)(H2,18,20,21). The minimum absolute atomic E-state index is 0.0496. The number of halogens is 3. The van der Waals surface area contributed by atoms with Crippen LogP contribution in [0.25, 0.3) is 0 Å². The molecular weight excluding hydrogens is 359 g/mol. The van der Waals surface area contributed by atoms with Crippen molar-refractivity contribution in [2.24, 2.45) is 4.99 Å². The predicted molar refractivity (Wildman–Crippen MR) is 85.9 cm³/mol. The zero-order chi connectivity index (χ0) is 18.3. The third-order valence-corrected chi connectivity index (χ3v) is 3.78. The number of guanidine groups is 1. The number of alkyl halides is 3. The fourth-order valence-electron chi connectivity index (χ4n) is 1.73. The van der Waals surface area contributed by atoms with Gasteiger partial charge in [0.1, 0.15) is 10.8 Å². The number of hydrogen-bond donors (Lipinski definition) is 3. The predicted octanol–water partition coefficient (Wildman–Crippen LogP) is 1.74. The van der Waals surface area contributed by atoms with E-state index in [-0.39, 0.29) is 36.5 Å². The van der Waals surface area contributed by atoms with Crippen molar-refractivity contribution < 1.29 is 22.4 Å². The first-order valence-electron chi connectivity index (χ1n) is 7.13. The van der Waals surface area contributed by atoms with Crippen LogP contribution in [0.4, 0.5) is 13.2 Å². The number of carbonyl (C=O) groups excluding carboxylic acids is 1. The van der Waals surface area contributed by atoms with Gasteiger partial charge in [-0.05, 0) is 12.1 Å². The third kappa shape index (κ3) is 6.10. The molecule has 2 aromatic rings. The minimum atomic E-state index is -4.46. The number of aromatic nitrogens is 1. The summed E-state index contributed by atoms with van der Waals surface area (Å²) in [7, 11) is 1.49. The van der Waals surface area contributed by atoms with Gasteiger partial charge in [-0.2, -0.15) is 13.2 Å². The summed E-state index contributed by atoms with van der Waals surface area (Å²) in [6, 6.07) is 3.45. The molecular formula is C14H16F3N5O2S. The van der Waals surface area contributed by atoms with E-state index < -0.39 is 11.9 Å². The number of amides is 1. The summed E-state index contributed by atoms with van der Waals surface area (Å²) in [6.45, 7) is 0.277. The van der Waals surface area contributed by atoms with E-state index >= 15 is 0 Å². The molecule has 7 nitrogen and oxygen atoms in total. The summed E-state index contributed by atoms with van der Waals surface area (Å²) in [5.74, 6) is 0.616. The highest BCUT2D eigenvalue weighted by Crippen LogP contribution is 2.29. The molecule has 0 atom stereocenters. The monoisotopic (exact) mass is 375 g/mol. The summed E-state index contributed by atoms with van der Waals surface area (Å²) in [5, 5.41) is 9.41. The van der Waals surface area contributed by atoms with Crippen molar-refractivity contribution >= 4 is 23.2 Å². The topological polar surface area (TPSA) is 91.5 Å². The summed E-state index contributed by atoms with van der Waals surface area (Å²) in [6.07, 6.45) is -2.95. The molecule has 0 unspecified atom stereocenters. The summed E-state index contributed by atoms with van der Waals surface area (Å²) >= 11 is 0.894. The van der Waals surface area contributed by atoms with Crippen molar-refractivity contribution in [2.45, 2.75) is 19.3 Å². The van der Waals surface area contributed by atoms with Crippen molar-refractivity contribution in [3.63, 3.8) is 0 Å². The Balaban J connectivity index is 1.73. The van der Waals surface area contributed by atoms with E-state index in [1.54, 1.807) is 12.1 Å². The molecule has 136 valence electrons.